The van der Waals surface area contributed by atoms with Gasteiger partial charge in [-0.15, -0.1) is 0 Å². The summed E-state index contributed by atoms with van der Waals surface area (Å²) in [7, 11) is 0. The standard InChI is InChI=1S/C19H24N2O4S/c22-16(13-19(18(24)25)6-1-7-19)20-15-4-2-14(3-5-15)12-17(23)21-8-10-26-11-9-21/h2-5H,1,6-13H2,(H,20,22)(H,24,25). The van der Waals surface area contributed by atoms with E-state index in [2.05, 4.69) is 5.32 Å². The maximum atomic E-state index is 12.3. The fraction of sp³-hybridized carbons (Fsp3) is 0.526. The summed E-state index contributed by atoms with van der Waals surface area (Å²) in [5.74, 6) is 0.962. The van der Waals surface area contributed by atoms with E-state index < -0.39 is 11.4 Å². The Kier molecular flexibility index (Phi) is 5.86. The van der Waals surface area contributed by atoms with E-state index in [1.165, 1.54) is 0 Å². The Morgan fingerprint density at radius 3 is 2.31 bits per heavy atom. The number of benzene rings is 1. The van der Waals surface area contributed by atoms with Crippen LogP contribution in [0.15, 0.2) is 24.3 Å². The van der Waals surface area contributed by atoms with Crippen molar-refractivity contribution in [2.75, 3.05) is 29.9 Å². The van der Waals surface area contributed by atoms with Crippen LogP contribution in [0.3, 0.4) is 0 Å². The highest BCUT2D eigenvalue weighted by atomic mass is 32.2. The molecule has 0 aromatic heterocycles. The normalized spacial score (nSPS) is 18.7. The third-order valence-corrected chi connectivity index (χ3v) is 6.16. The molecule has 2 N–H and O–H groups in total. The van der Waals surface area contributed by atoms with Crippen molar-refractivity contribution >= 4 is 35.2 Å². The van der Waals surface area contributed by atoms with Gasteiger partial charge in [-0.05, 0) is 30.5 Å². The van der Waals surface area contributed by atoms with Crippen molar-refractivity contribution in [3.05, 3.63) is 29.8 Å². The third kappa shape index (κ3) is 4.38. The molecule has 1 aromatic carbocycles. The van der Waals surface area contributed by atoms with Crippen LogP contribution in [0.2, 0.25) is 0 Å². The van der Waals surface area contributed by atoms with Crippen LogP contribution in [0.25, 0.3) is 0 Å². The van der Waals surface area contributed by atoms with E-state index in [0.29, 0.717) is 24.9 Å². The van der Waals surface area contributed by atoms with Crippen LogP contribution >= 0.6 is 11.8 Å². The number of hydrogen-bond acceptors (Lipinski definition) is 4. The molecular weight excluding hydrogens is 352 g/mol. The van der Waals surface area contributed by atoms with Crippen molar-refractivity contribution < 1.29 is 19.5 Å². The molecule has 26 heavy (non-hydrogen) atoms. The Bertz CT molecular complexity index is 679. The Morgan fingerprint density at radius 2 is 1.77 bits per heavy atom. The summed E-state index contributed by atoms with van der Waals surface area (Å²) < 4.78 is 0. The second-order valence-corrected chi connectivity index (χ2v) is 8.26. The van der Waals surface area contributed by atoms with Gasteiger partial charge in [0.1, 0.15) is 0 Å². The Labute approximate surface area is 157 Å². The zero-order valence-electron chi connectivity index (χ0n) is 14.7. The fourth-order valence-corrected chi connectivity index (χ4v) is 4.29. The molecule has 2 aliphatic rings. The van der Waals surface area contributed by atoms with Crippen molar-refractivity contribution in [3.63, 3.8) is 0 Å². The van der Waals surface area contributed by atoms with E-state index in [9.17, 15) is 19.5 Å². The number of amides is 2. The molecule has 1 aromatic rings. The SMILES string of the molecule is O=C(CC1(C(=O)O)CCC1)Nc1ccc(CC(=O)N2CCSCC2)cc1. The lowest BCUT2D eigenvalue weighted by Gasteiger charge is -2.36. The lowest BCUT2D eigenvalue weighted by atomic mass is 9.66. The van der Waals surface area contributed by atoms with Crippen LogP contribution < -0.4 is 5.32 Å². The summed E-state index contributed by atoms with van der Waals surface area (Å²) in [5, 5.41) is 12.1. The summed E-state index contributed by atoms with van der Waals surface area (Å²) in [5.41, 5.74) is 0.649. The Balaban J connectivity index is 1.51. The van der Waals surface area contributed by atoms with Gasteiger partial charge in [0.05, 0.1) is 11.8 Å². The van der Waals surface area contributed by atoms with Gasteiger partial charge in [-0.3, -0.25) is 14.4 Å². The number of rotatable bonds is 6. The minimum absolute atomic E-state index is 0.00947. The molecular formula is C19H24N2O4S. The second-order valence-electron chi connectivity index (χ2n) is 7.03. The van der Waals surface area contributed by atoms with Crippen LogP contribution in [-0.2, 0) is 20.8 Å². The van der Waals surface area contributed by atoms with E-state index in [-0.39, 0.29) is 18.2 Å². The topological polar surface area (TPSA) is 86.7 Å². The van der Waals surface area contributed by atoms with E-state index in [1.54, 1.807) is 12.1 Å². The quantitative estimate of drug-likeness (QED) is 0.796. The first-order chi connectivity index (χ1) is 12.5. The van der Waals surface area contributed by atoms with Crippen LogP contribution in [-0.4, -0.2) is 52.4 Å². The van der Waals surface area contributed by atoms with Gasteiger partial charge >= 0.3 is 5.97 Å². The van der Waals surface area contributed by atoms with Crippen molar-refractivity contribution in [3.8, 4) is 0 Å². The lowest BCUT2D eigenvalue weighted by Crippen LogP contribution is -2.41. The average molecular weight is 376 g/mol. The molecule has 0 spiro atoms. The minimum Gasteiger partial charge on any atom is -0.481 e. The molecule has 1 aliphatic carbocycles. The van der Waals surface area contributed by atoms with E-state index in [1.807, 2.05) is 28.8 Å². The molecule has 0 radical (unpaired) electrons. The number of aliphatic carboxylic acids is 1. The number of carbonyl (C=O) groups excluding carboxylic acids is 2. The molecule has 6 nitrogen and oxygen atoms in total. The van der Waals surface area contributed by atoms with Crippen LogP contribution in [0, 0.1) is 5.41 Å². The molecule has 0 bridgehead atoms. The first-order valence-corrected chi connectivity index (χ1v) is 10.1. The second kappa shape index (κ2) is 8.12. The van der Waals surface area contributed by atoms with Gasteiger partial charge in [0.2, 0.25) is 11.8 Å². The van der Waals surface area contributed by atoms with E-state index >= 15 is 0 Å². The van der Waals surface area contributed by atoms with Crippen molar-refractivity contribution in [2.45, 2.75) is 32.1 Å². The van der Waals surface area contributed by atoms with Crippen LogP contribution in [0.4, 0.5) is 5.69 Å². The molecule has 1 saturated carbocycles. The predicted molar refractivity (Wildman–Crippen MR) is 101 cm³/mol. The van der Waals surface area contributed by atoms with Crippen LogP contribution in [0.5, 0.6) is 0 Å². The minimum atomic E-state index is -0.886. The average Bonchev–Trinajstić information content (AvgIpc) is 2.60. The molecule has 3 rings (SSSR count). The molecule has 1 heterocycles. The number of carbonyl (C=O) groups is 3. The van der Waals surface area contributed by atoms with Gasteiger partial charge in [0.15, 0.2) is 0 Å². The Morgan fingerprint density at radius 1 is 1.12 bits per heavy atom. The number of thioether (sulfide) groups is 1. The lowest BCUT2D eigenvalue weighted by molar-refractivity contribution is -0.157. The highest BCUT2D eigenvalue weighted by Gasteiger charge is 2.45. The number of carboxylic acid groups (broad SMARTS) is 1. The third-order valence-electron chi connectivity index (χ3n) is 5.22. The summed E-state index contributed by atoms with van der Waals surface area (Å²) in [6.07, 6.45) is 2.35. The first-order valence-electron chi connectivity index (χ1n) is 8.96. The van der Waals surface area contributed by atoms with Gasteiger partial charge in [0.25, 0.3) is 0 Å². The van der Waals surface area contributed by atoms with E-state index in [4.69, 9.17) is 0 Å². The van der Waals surface area contributed by atoms with Crippen molar-refractivity contribution in [1.82, 2.24) is 4.90 Å². The van der Waals surface area contributed by atoms with Crippen molar-refractivity contribution in [1.29, 1.82) is 0 Å². The molecule has 2 fully saturated rings. The molecule has 1 aliphatic heterocycles. The van der Waals surface area contributed by atoms with Crippen LogP contribution in [0.1, 0.15) is 31.2 Å². The summed E-state index contributed by atoms with van der Waals surface area (Å²) >= 11 is 1.87. The summed E-state index contributed by atoms with van der Waals surface area (Å²) in [6.45, 7) is 1.62. The number of carboxylic acids is 1. The molecule has 140 valence electrons. The van der Waals surface area contributed by atoms with Gasteiger partial charge in [-0.2, -0.15) is 11.8 Å². The number of nitrogens with one attached hydrogen (secondary N) is 1. The van der Waals surface area contributed by atoms with Gasteiger partial charge in [0, 0.05) is 36.7 Å². The first kappa shape index (κ1) is 18.8. The molecule has 0 atom stereocenters. The van der Waals surface area contributed by atoms with Gasteiger partial charge < -0.3 is 15.3 Å². The summed E-state index contributed by atoms with van der Waals surface area (Å²) in [6, 6.07) is 7.20. The largest absolute Gasteiger partial charge is 0.481 e. The van der Waals surface area contributed by atoms with Gasteiger partial charge in [-0.25, -0.2) is 0 Å². The zero-order valence-corrected chi connectivity index (χ0v) is 15.5. The number of hydrogen-bond donors (Lipinski definition) is 2. The molecule has 2 amide bonds. The van der Waals surface area contributed by atoms with Crippen molar-refractivity contribution in [2.24, 2.45) is 5.41 Å². The Hall–Kier alpha value is -2.02. The maximum Gasteiger partial charge on any atom is 0.310 e. The zero-order chi connectivity index (χ0) is 18.6. The molecule has 0 unspecified atom stereocenters. The highest BCUT2D eigenvalue weighted by molar-refractivity contribution is 7.99. The molecule has 1 saturated heterocycles. The van der Waals surface area contributed by atoms with Gasteiger partial charge in [-0.1, -0.05) is 18.6 Å². The fourth-order valence-electron chi connectivity index (χ4n) is 3.39. The predicted octanol–water partition coefficient (Wildman–Crippen LogP) is 2.39. The maximum absolute atomic E-state index is 12.3. The number of nitrogens with zero attached hydrogens (tertiary/aromatic N) is 1. The monoisotopic (exact) mass is 376 g/mol. The highest BCUT2D eigenvalue weighted by Crippen LogP contribution is 2.44. The van der Waals surface area contributed by atoms with E-state index in [0.717, 1.165) is 36.6 Å². The smallest absolute Gasteiger partial charge is 0.310 e. The summed E-state index contributed by atoms with van der Waals surface area (Å²) in [4.78, 5) is 37.7. The number of anilines is 1. The molecule has 7 heteroatoms.